The first-order chi connectivity index (χ1) is 3.35. The summed E-state index contributed by atoms with van der Waals surface area (Å²) in [6.07, 6.45) is 0. The van der Waals surface area contributed by atoms with Crippen molar-refractivity contribution in [2.24, 2.45) is 0 Å². The van der Waals surface area contributed by atoms with Crippen LogP contribution in [0, 0.1) is 0 Å². The van der Waals surface area contributed by atoms with Crippen LogP contribution >= 0.6 is 36.7 Å². The van der Waals surface area contributed by atoms with E-state index < -0.39 is 0 Å². The fourth-order valence-corrected chi connectivity index (χ4v) is 0.671. The molecule has 0 fully saturated rings. The van der Waals surface area contributed by atoms with Gasteiger partial charge in [-0.3, -0.25) is 0 Å². The van der Waals surface area contributed by atoms with E-state index in [9.17, 15) is 0 Å². The molecule has 0 aromatic rings. The van der Waals surface area contributed by atoms with Crippen LogP contribution in [0.3, 0.4) is 0 Å². The first-order valence-corrected chi connectivity index (χ1v) is 2.90. The molecule has 0 bridgehead atoms. The summed E-state index contributed by atoms with van der Waals surface area (Å²) in [6, 6.07) is 0. The Morgan fingerprint density at radius 2 is 1.14 bits per heavy atom. The van der Waals surface area contributed by atoms with Crippen LogP contribution < -0.4 is 0 Å². The van der Waals surface area contributed by atoms with Crippen molar-refractivity contribution >= 4 is 53.1 Å². The molecular formula is C3H3NS3. The van der Waals surface area contributed by atoms with Crippen LogP contribution in [0.1, 0.15) is 0 Å². The summed E-state index contributed by atoms with van der Waals surface area (Å²) in [5.41, 5.74) is 4.12. The average molecular weight is 149 g/mol. The molecule has 0 atom stereocenters. The molecule has 0 amide bonds. The van der Waals surface area contributed by atoms with Gasteiger partial charge in [-0.2, -0.15) is 0 Å². The van der Waals surface area contributed by atoms with Gasteiger partial charge in [0.15, 0.2) is 0 Å². The van der Waals surface area contributed by atoms with Crippen LogP contribution in [0.2, 0.25) is 0 Å². The highest BCUT2D eigenvalue weighted by Gasteiger charge is 1.79. The normalized spacial score (nSPS) is 6.86. The standard InChI is InChI=1S/C3H3NS3/c5-1-4(2-6)3-7/h1-3H. The average Bonchev–Trinajstić information content (AvgIpc) is 1.72. The Hall–Kier alpha value is 0.0700. The molecule has 0 N–H and O–H groups in total. The minimum Gasteiger partial charge on any atom is -0.301 e. The van der Waals surface area contributed by atoms with Crippen LogP contribution in [0.5, 0.6) is 0 Å². The monoisotopic (exact) mass is 149 g/mol. The van der Waals surface area contributed by atoms with Gasteiger partial charge in [-0.1, -0.05) is 36.7 Å². The van der Waals surface area contributed by atoms with E-state index in [1.165, 1.54) is 21.4 Å². The van der Waals surface area contributed by atoms with Gasteiger partial charge in [0, 0.05) is 0 Å². The van der Waals surface area contributed by atoms with Gasteiger partial charge in [-0.05, 0) is 0 Å². The fraction of sp³-hybridized carbons (Fsp3) is 0. The summed E-state index contributed by atoms with van der Waals surface area (Å²) >= 11 is 13.4. The van der Waals surface area contributed by atoms with E-state index >= 15 is 0 Å². The summed E-state index contributed by atoms with van der Waals surface area (Å²) in [5.74, 6) is 0. The first kappa shape index (κ1) is 7.07. The van der Waals surface area contributed by atoms with E-state index in [2.05, 4.69) is 36.7 Å². The number of hydrogen-bond acceptors (Lipinski definition) is 3. The van der Waals surface area contributed by atoms with Crippen LogP contribution in [-0.2, 0) is 0 Å². The van der Waals surface area contributed by atoms with Gasteiger partial charge >= 0.3 is 0 Å². The van der Waals surface area contributed by atoms with E-state index in [0.29, 0.717) is 0 Å². The Bertz CT molecular complexity index is 71.2. The molecule has 4 heteroatoms. The highest BCUT2D eigenvalue weighted by molar-refractivity contribution is 7.81. The molecule has 38 valence electrons. The Morgan fingerprint density at radius 1 is 0.857 bits per heavy atom. The van der Waals surface area contributed by atoms with Crippen LogP contribution in [0.25, 0.3) is 0 Å². The molecular weight excluding hydrogens is 146 g/mol. The lowest BCUT2D eigenvalue weighted by atomic mass is 11.0. The van der Waals surface area contributed by atoms with Gasteiger partial charge in [-0.25, -0.2) is 0 Å². The molecule has 0 radical (unpaired) electrons. The highest BCUT2D eigenvalue weighted by Crippen LogP contribution is 1.70. The molecule has 0 unspecified atom stereocenters. The van der Waals surface area contributed by atoms with Crippen molar-refractivity contribution < 1.29 is 0 Å². The van der Waals surface area contributed by atoms with E-state index in [1.807, 2.05) is 0 Å². The van der Waals surface area contributed by atoms with Crippen molar-refractivity contribution in [1.82, 2.24) is 4.90 Å². The quantitative estimate of drug-likeness (QED) is 0.554. The van der Waals surface area contributed by atoms with Gasteiger partial charge in [-0.15, -0.1) is 0 Å². The second-order valence-corrected chi connectivity index (χ2v) is 1.40. The maximum Gasteiger partial charge on any atom is 0.0736 e. The lowest BCUT2D eigenvalue weighted by molar-refractivity contribution is 1.06. The number of thiocarbonyl (C=S) groups is 3. The zero-order valence-electron chi connectivity index (χ0n) is 3.40. The minimum atomic E-state index is 1.38. The lowest BCUT2D eigenvalue weighted by Gasteiger charge is -1.98. The fourth-order valence-electron chi connectivity index (χ4n) is 0.0745. The van der Waals surface area contributed by atoms with Gasteiger partial charge in [0.2, 0.25) is 0 Å². The second kappa shape index (κ2) is 4.23. The maximum atomic E-state index is 4.48. The summed E-state index contributed by atoms with van der Waals surface area (Å²) in [5, 5.41) is 0. The van der Waals surface area contributed by atoms with Crippen LogP contribution in [0.15, 0.2) is 0 Å². The molecule has 0 aromatic heterocycles. The van der Waals surface area contributed by atoms with Gasteiger partial charge in [0.1, 0.15) is 0 Å². The molecule has 1 nitrogen and oxygen atoms in total. The molecule has 0 rings (SSSR count). The van der Waals surface area contributed by atoms with Gasteiger partial charge < -0.3 is 4.90 Å². The molecule has 7 heavy (non-hydrogen) atoms. The highest BCUT2D eigenvalue weighted by atomic mass is 32.1. The number of nitrogens with zero attached hydrogens (tertiary/aromatic N) is 1. The molecule has 0 heterocycles. The predicted octanol–water partition coefficient (Wildman–Crippen LogP) is 1.16. The molecule has 0 aliphatic heterocycles. The summed E-state index contributed by atoms with van der Waals surface area (Å²) < 4.78 is 0. The van der Waals surface area contributed by atoms with Gasteiger partial charge in [0.25, 0.3) is 0 Å². The van der Waals surface area contributed by atoms with E-state index in [1.54, 1.807) is 0 Å². The zero-order valence-corrected chi connectivity index (χ0v) is 5.85. The van der Waals surface area contributed by atoms with E-state index in [-0.39, 0.29) is 0 Å². The van der Waals surface area contributed by atoms with Crippen molar-refractivity contribution in [3.8, 4) is 0 Å². The van der Waals surface area contributed by atoms with Crippen molar-refractivity contribution in [1.29, 1.82) is 0 Å². The predicted molar refractivity (Wildman–Crippen MR) is 42.8 cm³/mol. The molecule has 0 spiro atoms. The van der Waals surface area contributed by atoms with Crippen LogP contribution in [-0.4, -0.2) is 21.4 Å². The lowest BCUT2D eigenvalue weighted by Crippen LogP contribution is -2.12. The molecule has 0 aliphatic carbocycles. The van der Waals surface area contributed by atoms with E-state index in [4.69, 9.17) is 0 Å². The Balaban J connectivity index is 3.57. The topological polar surface area (TPSA) is 3.24 Å². The largest absolute Gasteiger partial charge is 0.301 e. The van der Waals surface area contributed by atoms with Crippen molar-refractivity contribution in [3.05, 3.63) is 0 Å². The SMILES string of the molecule is S=CN(C=S)C=S. The number of hydrogen-bond donors (Lipinski definition) is 0. The smallest absolute Gasteiger partial charge is 0.0736 e. The zero-order chi connectivity index (χ0) is 5.70. The Morgan fingerprint density at radius 3 is 1.14 bits per heavy atom. The van der Waals surface area contributed by atoms with Crippen molar-refractivity contribution in [2.45, 2.75) is 0 Å². The van der Waals surface area contributed by atoms with Crippen molar-refractivity contribution in [2.75, 3.05) is 0 Å². The Kier molecular flexibility index (Phi) is 4.28. The third-order valence-electron chi connectivity index (χ3n) is 0.365. The van der Waals surface area contributed by atoms with E-state index in [0.717, 1.165) is 0 Å². The third-order valence-corrected chi connectivity index (χ3v) is 1.10. The molecule has 0 saturated heterocycles. The summed E-state index contributed by atoms with van der Waals surface area (Å²) in [6.45, 7) is 0. The third kappa shape index (κ3) is 2.73. The molecule has 0 saturated carbocycles. The Labute approximate surface area is 58.3 Å². The molecule has 0 aliphatic rings. The minimum absolute atomic E-state index is 1.38. The summed E-state index contributed by atoms with van der Waals surface area (Å²) in [7, 11) is 0. The first-order valence-electron chi connectivity index (χ1n) is 1.48. The van der Waals surface area contributed by atoms with Gasteiger partial charge in [0.05, 0.1) is 16.5 Å². The second-order valence-electron chi connectivity index (χ2n) is 0.763. The van der Waals surface area contributed by atoms with Crippen molar-refractivity contribution in [3.63, 3.8) is 0 Å². The number of rotatable bonds is 3. The van der Waals surface area contributed by atoms with Crippen LogP contribution in [0.4, 0.5) is 0 Å². The molecule has 0 aromatic carbocycles. The maximum absolute atomic E-state index is 4.48. The summed E-state index contributed by atoms with van der Waals surface area (Å²) in [4.78, 5) is 1.44.